The fourth-order valence-electron chi connectivity index (χ4n) is 4.91. The molecule has 3 heteroatoms. The van der Waals surface area contributed by atoms with Gasteiger partial charge in [0.05, 0.1) is 0 Å². The molecule has 4 rings (SSSR count). The van der Waals surface area contributed by atoms with Crippen molar-refractivity contribution >= 4 is 0 Å². The third kappa shape index (κ3) is 6.09. The van der Waals surface area contributed by atoms with E-state index >= 15 is 0 Å². The Balaban J connectivity index is 1.77. The first-order valence-corrected chi connectivity index (χ1v) is 13.0. The summed E-state index contributed by atoms with van der Waals surface area (Å²) in [6.45, 7) is 8.26. The van der Waals surface area contributed by atoms with Gasteiger partial charge in [-0.15, -0.1) is 0 Å². The molecular formula is C33H36O3. The van der Waals surface area contributed by atoms with Crippen LogP contribution in [0.2, 0.25) is 0 Å². The lowest BCUT2D eigenvalue weighted by atomic mass is 9.84. The Kier molecular flexibility index (Phi) is 9.04. The van der Waals surface area contributed by atoms with Crippen molar-refractivity contribution in [1.29, 1.82) is 0 Å². The largest absolute Gasteiger partial charge is 0.489 e. The molecular weight excluding hydrogens is 444 g/mol. The number of hydrogen-bond donors (Lipinski definition) is 0. The normalized spacial score (nSPS) is 10.8. The van der Waals surface area contributed by atoms with E-state index in [1.807, 2.05) is 91.0 Å². The lowest BCUT2D eigenvalue weighted by Gasteiger charge is -2.26. The molecule has 36 heavy (non-hydrogen) atoms. The number of ether oxygens (including phenoxy) is 3. The number of rotatable bonds is 12. The zero-order valence-corrected chi connectivity index (χ0v) is 21.6. The van der Waals surface area contributed by atoms with Crippen molar-refractivity contribution in [2.75, 3.05) is 0 Å². The minimum Gasteiger partial charge on any atom is -0.489 e. The molecule has 0 heterocycles. The topological polar surface area (TPSA) is 27.7 Å². The van der Waals surface area contributed by atoms with E-state index in [0.717, 1.165) is 36.5 Å². The maximum absolute atomic E-state index is 6.30. The quantitative estimate of drug-likeness (QED) is 0.205. The number of hydrogen-bond acceptors (Lipinski definition) is 3. The van der Waals surface area contributed by atoms with Crippen molar-refractivity contribution in [3.63, 3.8) is 0 Å². The lowest BCUT2D eigenvalue weighted by molar-refractivity contribution is 0.288. The van der Waals surface area contributed by atoms with Crippen molar-refractivity contribution in [2.24, 2.45) is 0 Å². The van der Waals surface area contributed by atoms with Gasteiger partial charge in [-0.2, -0.15) is 0 Å². The van der Waals surface area contributed by atoms with Gasteiger partial charge in [-0.05, 0) is 89.0 Å². The molecule has 0 N–H and O–H groups in total. The van der Waals surface area contributed by atoms with Crippen LogP contribution in [-0.4, -0.2) is 0 Å². The molecule has 4 aromatic carbocycles. The first-order valence-electron chi connectivity index (χ1n) is 13.0. The summed E-state index contributed by atoms with van der Waals surface area (Å²) >= 11 is 0. The van der Waals surface area contributed by atoms with E-state index in [0.29, 0.717) is 19.8 Å². The van der Waals surface area contributed by atoms with Gasteiger partial charge in [-0.1, -0.05) is 75.4 Å². The van der Waals surface area contributed by atoms with Crippen molar-refractivity contribution in [2.45, 2.75) is 59.9 Å². The summed E-state index contributed by atoms with van der Waals surface area (Å²) in [4.78, 5) is 0. The smallest absolute Gasteiger partial charge is 0.119 e. The highest BCUT2D eigenvalue weighted by atomic mass is 16.5. The molecule has 0 radical (unpaired) electrons. The van der Waals surface area contributed by atoms with Crippen LogP contribution in [0.15, 0.2) is 91.0 Å². The fourth-order valence-corrected chi connectivity index (χ4v) is 4.91. The maximum atomic E-state index is 6.30. The molecule has 0 atom stereocenters. The standard InChI is InChI=1S/C33H36O3/c1-4-28-31(22-34-25-16-10-7-11-17-25)29(5-2)33(24-36-27-20-14-9-15-21-27)30(6-3)32(28)23-35-26-18-12-8-13-19-26/h7-21H,4-6,22-24H2,1-3H3. The average Bonchev–Trinajstić information content (AvgIpc) is 2.94. The Morgan fingerprint density at radius 2 is 0.611 bits per heavy atom. The van der Waals surface area contributed by atoms with E-state index in [4.69, 9.17) is 14.2 Å². The molecule has 3 nitrogen and oxygen atoms in total. The first kappa shape index (κ1) is 25.4. The predicted octanol–water partition coefficient (Wildman–Crippen LogP) is 8.11. The van der Waals surface area contributed by atoms with Crippen LogP contribution in [0.1, 0.15) is 54.2 Å². The first-order chi connectivity index (χ1) is 17.7. The highest BCUT2D eigenvalue weighted by molar-refractivity contribution is 5.52. The molecule has 0 amide bonds. The van der Waals surface area contributed by atoms with Gasteiger partial charge in [-0.25, -0.2) is 0 Å². The van der Waals surface area contributed by atoms with Crippen LogP contribution < -0.4 is 14.2 Å². The van der Waals surface area contributed by atoms with Crippen molar-refractivity contribution in [1.82, 2.24) is 0 Å². The minimum absolute atomic E-state index is 0.525. The number of para-hydroxylation sites is 3. The molecule has 0 aliphatic rings. The van der Waals surface area contributed by atoms with Gasteiger partial charge in [0, 0.05) is 0 Å². The number of benzene rings is 4. The molecule has 0 bridgehead atoms. The maximum Gasteiger partial charge on any atom is 0.119 e. The van der Waals surface area contributed by atoms with E-state index in [1.165, 1.54) is 33.4 Å². The van der Waals surface area contributed by atoms with Crippen molar-refractivity contribution in [3.05, 3.63) is 124 Å². The summed E-state index contributed by atoms with van der Waals surface area (Å²) in [6.07, 6.45) is 2.75. The third-order valence-corrected chi connectivity index (χ3v) is 6.63. The molecule has 0 fully saturated rings. The second-order valence-electron chi connectivity index (χ2n) is 8.74. The summed E-state index contributed by atoms with van der Waals surface area (Å²) < 4.78 is 18.9. The van der Waals surface area contributed by atoms with E-state index in [9.17, 15) is 0 Å². The fraction of sp³-hybridized carbons (Fsp3) is 0.273. The van der Waals surface area contributed by atoms with Gasteiger partial charge in [-0.3, -0.25) is 0 Å². The molecule has 0 aliphatic carbocycles. The van der Waals surface area contributed by atoms with Gasteiger partial charge < -0.3 is 14.2 Å². The Labute approximate surface area is 215 Å². The zero-order valence-electron chi connectivity index (χ0n) is 21.6. The Morgan fingerprint density at radius 3 is 0.833 bits per heavy atom. The van der Waals surface area contributed by atoms with Gasteiger partial charge in [0.25, 0.3) is 0 Å². The molecule has 0 spiro atoms. The molecule has 0 saturated heterocycles. The van der Waals surface area contributed by atoms with Crippen LogP contribution >= 0.6 is 0 Å². The summed E-state index contributed by atoms with van der Waals surface area (Å²) in [5.74, 6) is 2.64. The van der Waals surface area contributed by atoms with E-state index in [1.54, 1.807) is 0 Å². The highest BCUT2D eigenvalue weighted by Crippen LogP contribution is 2.33. The monoisotopic (exact) mass is 480 g/mol. The van der Waals surface area contributed by atoms with Crippen LogP contribution in [0.4, 0.5) is 0 Å². The van der Waals surface area contributed by atoms with E-state index in [-0.39, 0.29) is 0 Å². The van der Waals surface area contributed by atoms with Gasteiger partial charge in [0.2, 0.25) is 0 Å². The van der Waals surface area contributed by atoms with Crippen molar-refractivity contribution in [3.8, 4) is 17.2 Å². The van der Waals surface area contributed by atoms with Crippen LogP contribution in [0, 0.1) is 0 Å². The summed E-state index contributed by atoms with van der Waals surface area (Å²) in [7, 11) is 0. The molecule has 0 aromatic heterocycles. The molecule has 186 valence electrons. The zero-order chi connectivity index (χ0) is 25.2. The Hall–Kier alpha value is -3.72. The molecule has 4 aromatic rings. The van der Waals surface area contributed by atoms with Crippen molar-refractivity contribution < 1.29 is 14.2 Å². The SMILES string of the molecule is CCc1c(COc2ccccc2)c(CC)c(COc2ccccc2)c(CC)c1COc1ccccc1. The summed E-state index contributed by atoms with van der Waals surface area (Å²) in [5.41, 5.74) is 7.79. The van der Waals surface area contributed by atoms with Crippen LogP contribution in [0.3, 0.4) is 0 Å². The third-order valence-electron chi connectivity index (χ3n) is 6.63. The highest BCUT2D eigenvalue weighted by Gasteiger charge is 2.22. The van der Waals surface area contributed by atoms with Gasteiger partial charge in [0.1, 0.15) is 37.1 Å². The molecule has 0 saturated carbocycles. The molecule has 0 unspecified atom stereocenters. The van der Waals surface area contributed by atoms with Gasteiger partial charge >= 0.3 is 0 Å². The minimum atomic E-state index is 0.525. The predicted molar refractivity (Wildman–Crippen MR) is 147 cm³/mol. The van der Waals surface area contributed by atoms with Crippen LogP contribution in [0.5, 0.6) is 17.2 Å². The molecule has 0 aliphatic heterocycles. The Morgan fingerprint density at radius 1 is 0.361 bits per heavy atom. The van der Waals surface area contributed by atoms with E-state index < -0.39 is 0 Å². The lowest BCUT2D eigenvalue weighted by Crippen LogP contribution is -2.17. The second-order valence-corrected chi connectivity index (χ2v) is 8.74. The summed E-state index contributed by atoms with van der Waals surface area (Å²) in [6, 6.07) is 30.1. The second kappa shape index (κ2) is 12.8. The van der Waals surface area contributed by atoms with E-state index in [2.05, 4.69) is 20.8 Å². The average molecular weight is 481 g/mol. The van der Waals surface area contributed by atoms with Crippen LogP contribution in [-0.2, 0) is 39.1 Å². The summed E-state index contributed by atoms with van der Waals surface area (Å²) in [5, 5.41) is 0. The van der Waals surface area contributed by atoms with Gasteiger partial charge in [0.15, 0.2) is 0 Å². The van der Waals surface area contributed by atoms with Crippen LogP contribution in [0.25, 0.3) is 0 Å². The Bertz CT molecular complexity index is 1040.